The maximum atomic E-state index is 4.68. The van der Waals surface area contributed by atoms with Gasteiger partial charge in [-0.15, -0.1) is 0 Å². The Kier molecular flexibility index (Phi) is 4.93. The molecule has 0 radical (unpaired) electrons. The molecule has 0 bridgehead atoms. The fraction of sp³-hybridized carbons (Fsp3) is 0.350. The minimum atomic E-state index is 0.523. The van der Waals surface area contributed by atoms with E-state index in [0.717, 1.165) is 49.0 Å². The van der Waals surface area contributed by atoms with Gasteiger partial charge in [-0.3, -0.25) is 0 Å². The zero-order valence-corrected chi connectivity index (χ0v) is 15.0. The van der Waals surface area contributed by atoms with Crippen LogP contribution >= 0.6 is 0 Å². The van der Waals surface area contributed by atoms with Crippen molar-refractivity contribution in [2.75, 3.05) is 18.4 Å². The molecule has 6 nitrogen and oxygen atoms in total. The van der Waals surface area contributed by atoms with Crippen LogP contribution in [0.5, 0.6) is 0 Å². The molecule has 0 spiro atoms. The summed E-state index contributed by atoms with van der Waals surface area (Å²) in [7, 11) is 0. The lowest BCUT2D eigenvalue weighted by atomic mass is 9.94. The number of hydrogen-bond donors (Lipinski definition) is 2. The molecule has 0 aliphatic carbocycles. The van der Waals surface area contributed by atoms with E-state index in [2.05, 4.69) is 50.0 Å². The highest BCUT2D eigenvalue weighted by Gasteiger charge is 2.17. The standard InChI is InChI=1S/C20H24N6/c1-15-24-18(16-7-10-21-11-8-16)13-20(25-15)22-14-17-5-2-3-6-19(17)26-12-4-9-23-26/h2-6,9,12-13,16,21H,7-8,10-11,14H2,1H3,(H,22,24,25). The number of aryl methyl sites for hydroxylation is 1. The maximum Gasteiger partial charge on any atom is 0.130 e. The fourth-order valence-corrected chi connectivity index (χ4v) is 3.49. The number of nitrogens with zero attached hydrogens (tertiary/aromatic N) is 4. The molecule has 3 heterocycles. The molecule has 1 aliphatic heterocycles. The number of para-hydroxylation sites is 1. The summed E-state index contributed by atoms with van der Waals surface area (Å²) in [4.78, 5) is 9.25. The predicted octanol–water partition coefficient (Wildman–Crippen LogP) is 3.05. The number of piperidine rings is 1. The average molecular weight is 348 g/mol. The highest BCUT2D eigenvalue weighted by molar-refractivity contribution is 5.44. The first-order valence-electron chi connectivity index (χ1n) is 9.18. The third kappa shape index (κ3) is 3.75. The Balaban J connectivity index is 1.53. The van der Waals surface area contributed by atoms with Crippen LogP contribution in [-0.4, -0.2) is 32.8 Å². The molecule has 0 unspecified atom stereocenters. The first-order chi connectivity index (χ1) is 12.8. The van der Waals surface area contributed by atoms with Crippen LogP contribution in [0.3, 0.4) is 0 Å². The van der Waals surface area contributed by atoms with Gasteiger partial charge in [0.15, 0.2) is 0 Å². The minimum Gasteiger partial charge on any atom is -0.366 e. The van der Waals surface area contributed by atoms with Gasteiger partial charge < -0.3 is 10.6 Å². The van der Waals surface area contributed by atoms with E-state index in [0.29, 0.717) is 12.5 Å². The van der Waals surface area contributed by atoms with Gasteiger partial charge >= 0.3 is 0 Å². The fourth-order valence-electron chi connectivity index (χ4n) is 3.49. The van der Waals surface area contributed by atoms with Crippen molar-refractivity contribution in [2.45, 2.75) is 32.2 Å². The van der Waals surface area contributed by atoms with E-state index in [9.17, 15) is 0 Å². The summed E-state index contributed by atoms with van der Waals surface area (Å²) in [6.45, 7) is 4.78. The van der Waals surface area contributed by atoms with Crippen molar-refractivity contribution in [3.63, 3.8) is 0 Å². The molecule has 26 heavy (non-hydrogen) atoms. The molecule has 134 valence electrons. The van der Waals surface area contributed by atoms with Crippen molar-refractivity contribution in [2.24, 2.45) is 0 Å². The largest absolute Gasteiger partial charge is 0.366 e. The van der Waals surface area contributed by atoms with Gasteiger partial charge in [0.25, 0.3) is 0 Å². The number of hydrogen-bond acceptors (Lipinski definition) is 5. The highest BCUT2D eigenvalue weighted by Crippen LogP contribution is 2.25. The van der Waals surface area contributed by atoms with Crippen LogP contribution in [0.25, 0.3) is 5.69 Å². The van der Waals surface area contributed by atoms with E-state index in [1.807, 2.05) is 29.9 Å². The second-order valence-electron chi connectivity index (χ2n) is 6.68. The summed E-state index contributed by atoms with van der Waals surface area (Å²) in [5, 5.41) is 11.2. The topological polar surface area (TPSA) is 67.7 Å². The summed E-state index contributed by atoms with van der Waals surface area (Å²) >= 11 is 0. The Labute approximate surface area is 153 Å². The van der Waals surface area contributed by atoms with Gasteiger partial charge in [0.05, 0.1) is 5.69 Å². The first-order valence-corrected chi connectivity index (χ1v) is 9.18. The van der Waals surface area contributed by atoms with Gasteiger partial charge in [-0.25, -0.2) is 14.6 Å². The minimum absolute atomic E-state index is 0.523. The summed E-state index contributed by atoms with van der Waals surface area (Å²) in [6.07, 6.45) is 6.03. The van der Waals surface area contributed by atoms with Crippen molar-refractivity contribution in [1.29, 1.82) is 0 Å². The molecular weight excluding hydrogens is 324 g/mol. The van der Waals surface area contributed by atoms with Gasteiger partial charge in [-0.05, 0) is 50.6 Å². The lowest BCUT2D eigenvalue weighted by molar-refractivity contribution is 0.452. The van der Waals surface area contributed by atoms with Crippen LogP contribution in [0.1, 0.15) is 35.8 Å². The zero-order chi connectivity index (χ0) is 17.8. The van der Waals surface area contributed by atoms with Crippen molar-refractivity contribution in [3.05, 3.63) is 65.9 Å². The summed E-state index contributed by atoms with van der Waals surface area (Å²) in [6, 6.07) is 12.3. The number of rotatable bonds is 5. The predicted molar refractivity (Wildman–Crippen MR) is 103 cm³/mol. The van der Waals surface area contributed by atoms with Gasteiger partial charge in [0.1, 0.15) is 11.6 Å². The Bertz CT molecular complexity index is 852. The number of aromatic nitrogens is 4. The van der Waals surface area contributed by atoms with E-state index in [1.165, 1.54) is 5.56 Å². The van der Waals surface area contributed by atoms with Crippen LogP contribution in [0.2, 0.25) is 0 Å². The monoisotopic (exact) mass is 348 g/mol. The van der Waals surface area contributed by atoms with E-state index >= 15 is 0 Å². The Morgan fingerprint density at radius 1 is 1.15 bits per heavy atom. The average Bonchev–Trinajstić information content (AvgIpc) is 3.21. The van der Waals surface area contributed by atoms with Crippen molar-refractivity contribution in [3.8, 4) is 5.69 Å². The van der Waals surface area contributed by atoms with E-state index in [4.69, 9.17) is 0 Å². The Morgan fingerprint density at radius 3 is 2.81 bits per heavy atom. The molecule has 1 fully saturated rings. The van der Waals surface area contributed by atoms with Crippen LogP contribution in [-0.2, 0) is 6.54 Å². The molecule has 0 amide bonds. The van der Waals surface area contributed by atoms with Gasteiger partial charge in [-0.2, -0.15) is 5.10 Å². The Morgan fingerprint density at radius 2 is 2.00 bits per heavy atom. The van der Waals surface area contributed by atoms with Crippen molar-refractivity contribution < 1.29 is 0 Å². The highest BCUT2D eigenvalue weighted by atomic mass is 15.3. The zero-order valence-electron chi connectivity index (χ0n) is 15.0. The van der Waals surface area contributed by atoms with Crippen LogP contribution in [0.4, 0.5) is 5.82 Å². The first kappa shape index (κ1) is 16.7. The van der Waals surface area contributed by atoms with Crippen LogP contribution in [0, 0.1) is 6.92 Å². The molecule has 1 saturated heterocycles. The van der Waals surface area contributed by atoms with Gasteiger partial charge in [0.2, 0.25) is 0 Å². The van der Waals surface area contributed by atoms with E-state index in [-0.39, 0.29) is 0 Å². The van der Waals surface area contributed by atoms with Crippen molar-refractivity contribution >= 4 is 5.82 Å². The molecule has 6 heteroatoms. The van der Waals surface area contributed by atoms with E-state index < -0.39 is 0 Å². The number of nitrogens with one attached hydrogen (secondary N) is 2. The lowest BCUT2D eigenvalue weighted by Crippen LogP contribution is -2.27. The second-order valence-corrected chi connectivity index (χ2v) is 6.68. The van der Waals surface area contributed by atoms with Crippen molar-refractivity contribution in [1.82, 2.24) is 25.1 Å². The lowest BCUT2D eigenvalue weighted by Gasteiger charge is -2.22. The molecule has 0 atom stereocenters. The molecule has 3 aromatic rings. The molecule has 1 aliphatic rings. The molecular formula is C20H24N6. The molecule has 1 aromatic carbocycles. The summed E-state index contributed by atoms with van der Waals surface area (Å²) in [5.74, 6) is 2.24. The Hall–Kier alpha value is -2.73. The third-order valence-electron chi connectivity index (χ3n) is 4.82. The normalized spacial score (nSPS) is 15.1. The smallest absolute Gasteiger partial charge is 0.130 e. The molecule has 2 aromatic heterocycles. The number of benzene rings is 1. The second kappa shape index (κ2) is 7.66. The number of anilines is 1. The van der Waals surface area contributed by atoms with E-state index in [1.54, 1.807) is 6.20 Å². The van der Waals surface area contributed by atoms with Crippen LogP contribution < -0.4 is 10.6 Å². The quantitative estimate of drug-likeness (QED) is 0.742. The molecule has 4 rings (SSSR count). The SMILES string of the molecule is Cc1nc(NCc2ccccc2-n2cccn2)cc(C2CCNCC2)n1. The molecule has 0 saturated carbocycles. The molecule has 2 N–H and O–H groups in total. The third-order valence-corrected chi connectivity index (χ3v) is 4.82. The van der Waals surface area contributed by atoms with Gasteiger partial charge in [0, 0.05) is 36.6 Å². The van der Waals surface area contributed by atoms with Gasteiger partial charge in [-0.1, -0.05) is 18.2 Å². The van der Waals surface area contributed by atoms with Crippen LogP contribution in [0.15, 0.2) is 48.8 Å². The maximum absolute atomic E-state index is 4.68. The summed E-state index contributed by atoms with van der Waals surface area (Å²) in [5.41, 5.74) is 3.41. The summed E-state index contributed by atoms with van der Waals surface area (Å²) < 4.78 is 1.89.